The second kappa shape index (κ2) is 6.51. The molecule has 3 rings (SSSR count). The van der Waals surface area contributed by atoms with Crippen LogP contribution in [0.15, 0.2) is 37.7 Å². The zero-order valence-electron chi connectivity index (χ0n) is 13.0. The lowest BCUT2D eigenvalue weighted by Gasteiger charge is -2.01. The summed E-state index contributed by atoms with van der Waals surface area (Å²) in [4.78, 5) is 11.8. The molecular formula is C16H17N3O4. The molecule has 0 saturated heterocycles. The van der Waals surface area contributed by atoms with Gasteiger partial charge in [0.05, 0.1) is 18.4 Å². The minimum atomic E-state index is -0.100. The van der Waals surface area contributed by atoms with Crippen LogP contribution in [0, 0.1) is 13.8 Å². The normalized spacial score (nSPS) is 10.9. The summed E-state index contributed by atoms with van der Waals surface area (Å²) in [5.41, 5.74) is 0.781. The number of rotatable bonds is 6. The average molecular weight is 315 g/mol. The second-order valence-electron chi connectivity index (χ2n) is 5.18. The summed E-state index contributed by atoms with van der Waals surface area (Å²) < 4.78 is 16.2. The Balaban J connectivity index is 1.53. The second-order valence-corrected chi connectivity index (χ2v) is 5.18. The molecule has 0 fully saturated rings. The molecule has 0 bridgehead atoms. The summed E-state index contributed by atoms with van der Waals surface area (Å²) >= 11 is 0. The van der Waals surface area contributed by atoms with E-state index < -0.39 is 0 Å². The van der Waals surface area contributed by atoms with Crippen LogP contribution < -0.4 is 5.32 Å². The highest BCUT2D eigenvalue weighted by Crippen LogP contribution is 2.25. The van der Waals surface area contributed by atoms with Crippen molar-refractivity contribution in [2.24, 2.45) is 0 Å². The number of aryl methyl sites for hydroxylation is 3. The van der Waals surface area contributed by atoms with E-state index >= 15 is 0 Å². The molecule has 0 spiro atoms. The molecule has 0 aromatic carbocycles. The molecule has 0 unspecified atom stereocenters. The first-order chi connectivity index (χ1) is 11.1. The minimum Gasteiger partial charge on any atom is -0.467 e. The van der Waals surface area contributed by atoms with Crippen molar-refractivity contribution >= 4 is 5.91 Å². The van der Waals surface area contributed by atoms with Crippen LogP contribution in [-0.4, -0.2) is 16.1 Å². The molecule has 1 N–H and O–H groups in total. The fourth-order valence-electron chi connectivity index (χ4n) is 2.21. The first-order valence-electron chi connectivity index (χ1n) is 7.30. The number of carbonyl (C=O) groups excluding carboxylic acids is 1. The topological polar surface area (TPSA) is 94.3 Å². The van der Waals surface area contributed by atoms with E-state index in [-0.39, 0.29) is 12.3 Å². The van der Waals surface area contributed by atoms with Gasteiger partial charge in [0.15, 0.2) is 0 Å². The fourth-order valence-corrected chi connectivity index (χ4v) is 2.21. The van der Waals surface area contributed by atoms with Crippen molar-refractivity contribution in [3.8, 4) is 11.5 Å². The molecule has 23 heavy (non-hydrogen) atoms. The molecule has 1 amide bonds. The van der Waals surface area contributed by atoms with Crippen LogP contribution in [0.25, 0.3) is 11.5 Å². The Morgan fingerprint density at radius 2 is 2.13 bits per heavy atom. The third-order valence-electron chi connectivity index (χ3n) is 3.34. The molecule has 0 aliphatic carbocycles. The largest absolute Gasteiger partial charge is 0.467 e. The summed E-state index contributed by atoms with van der Waals surface area (Å²) in [6, 6.07) is 5.43. The van der Waals surface area contributed by atoms with Crippen molar-refractivity contribution < 1.29 is 18.0 Å². The van der Waals surface area contributed by atoms with Gasteiger partial charge in [-0.25, -0.2) is 0 Å². The number of nitrogens with zero attached hydrogens (tertiary/aromatic N) is 2. The van der Waals surface area contributed by atoms with Crippen LogP contribution >= 0.6 is 0 Å². The Morgan fingerprint density at radius 3 is 2.83 bits per heavy atom. The van der Waals surface area contributed by atoms with Crippen LogP contribution in [0.2, 0.25) is 0 Å². The third-order valence-corrected chi connectivity index (χ3v) is 3.34. The Kier molecular flexibility index (Phi) is 4.27. The van der Waals surface area contributed by atoms with Gasteiger partial charge in [0.1, 0.15) is 17.3 Å². The van der Waals surface area contributed by atoms with Crippen molar-refractivity contribution in [2.45, 2.75) is 33.2 Å². The standard InChI is InChI=1S/C16H17N3O4/c1-10-8-13(11(2)22-10)16-19-18-15(23-16)6-5-14(20)17-9-12-4-3-7-21-12/h3-4,7-8H,5-6,9H2,1-2H3,(H,17,20). The Morgan fingerprint density at radius 1 is 1.26 bits per heavy atom. The quantitative estimate of drug-likeness (QED) is 0.751. The van der Waals surface area contributed by atoms with Gasteiger partial charge in [0, 0.05) is 12.8 Å². The first-order valence-corrected chi connectivity index (χ1v) is 7.30. The molecular weight excluding hydrogens is 298 g/mol. The molecule has 3 heterocycles. The highest BCUT2D eigenvalue weighted by molar-refractivity contribution is 5.75. The maximum Gasteiger partial charge on any atom is 0.251 e. The predicted molar refractivity (Wildman–Crippen MR) is 80.3 cm³/mol. The maximum atomic E-state index is 11.8. The Hall–Kier alpha value is -2.83. The van der Waals surface area contributed by atoms with Gasteiger partial charge in [-0.1, -0.05) is 0 Å². The first kappa shape index (κ1) is 15.1. The van der Waals surface area contributed by atoms with Crippen molar-refractivity contribution in [3.05, 3.63) is 47.6 Å². The highest BCUT2D eigenvalue weighted by Gasteiger charge is 2.15. The van der Waals surface area contributed by atoms with E-state index in [2.05, 4.69) is 15.5 Å². The lowest BCUT2D eigenvalue weighted by atomic mass is 10.2. The molecule has 120 valence electrons. The Bertz CT molecular complexity index is 786. The van der Waals surface area contributed by atoms with Crippen LogP contribution in [-0.2, 0) is 17.8 Å². The molecule has 7 heteroatoms. The number of amides is 1. The number of nitrogens with one attached hydrogen (secondary N) is 1. The van der Waals surface area contributed by atoms with Gasteiger partial charge in [0.25, 0.3) is 5.89 Å². The van der Waals surface area contributed by atoms with Gasteiger partial charge in [0.2, 0.25) is 11.8 Å². The van der Waals surface area contributed by atoms with E-state index in [0.29, 0.717) is 30.5 Å². The molecule has 0 saturated carbocycles. The Labute approximate surface area is 132 Å². The number of aromatic nitrogens is 2. The van der Waals surface area contributed by atoms with Gasteiger partial charge in [-0.05, 0) is 32.0 Å². The molecule has 3 aromatic rings. The van der Waals surface area contributed by atoms with Crippen LogP contribution in [0.5, 0.6) is 0 Å². The van der Waals surface area contributed by atoms with E-state index in [1.54, 1.807) is 18.4 Å². The highest BCUT2D eigenvalue weighted by atomic mass is 16.4. The van der Waals surface area contributed by atoms with Gasteiger partial charge in [-0.2, -0.15) is 0 Å². The van der Waals surface area contributed by atoms with Crippen molar-refractivity contribution in [3.63, 3.8) is 0 Å². The lowest BCUT2D eigenvalue weighted by molar-refractivity contribution is -0.121. The van der Waals surface area contributed by atoms with E-state index in [9.17, 15) is 4.79 Å². The summed E-state index contributed by atoms with van der Waals surface area (Å²) in [7, 11) is 0. The number of hydrogen-bond acceptors (Lipinski definition) is 6. The number of hydrogen-bond donors (Lipinski definition) is 1. The molecule has 0 atom stereocenters. The van der Waals surface area contributed by atoms with E-state index in [1.165, 1.54) is 0 Å². The van der Waals surface area contributed by atoms with Crippen molar-refractivity contribution in [1.29, 1.82) is 0 Å². The summed E-state index contributed by atoms with van der Waals surface area (Å²) in [6.07, 6.45) is 2.22. The number of carbonyl (C=O) groups is 1. The summed E-state index contributed by atoms with van der Waals surface area (Å²) in [5, 5.41) is 10.7. The zero-order valence-corrected chi connectivity index (χ0v) is 13.0. The average Bonchev–Trinajstić information content (AvgIpc) is 3.24. The van der Waals surface area contributed by atoms with Crippen LogP contribution in [0.3, 0.4) is 0 Å². The van der Waals surface area contributed by atoms with Gasteiger partial charge in [-0.3, -0.25) is 4.79 Å². The van der Waals surface area contributed by atoms with E-state index in [4.69, 9.17) is 13.3 Å². The maximum absolute atomic E-state index is 11.8. The van der Waals surface area contributed by atoms with Gasteiger partial charge in [-0.15, -0.1) is 10.2 Å². The van der Waals surface area contributed by atoms with Crippen LogP contribution in [0.1, 0.15) is 29.6 Å². The molecule has 7 nitrogen and oxygen atoms in total. The smallest absolute Gasteiger partial charge is 0.251 e. The van der Waals surface area contributed by atoms with E-state index in [1.807, 2.05) is 19.9 Å². The molecule has 3 aromatic heterocycles. The molecule has 0 aliphatic rings. The monoisotopic (exact) mass is 315 g/mol. The van der Waals surface area contributed by atoms with Crippen LogP contribution in [0.4, 0.5) is 0 Å². The summed E-state index contributed by atoms with van der Waals surface area (Å²) in [6.45, 7) is 4.07. The fraction of sp³-hybridized carbons (Fsp3) is 0.312. The van der Waals surface area contributed by atoms with Crippen molar-refractivity contribution in [2.75, 3.05) is 0 Å². The van der Waals surface area contributed by atoms with E-state index in [0.717, 1.165) is 17.1 Å². The van der Waals surface area contributed by atoms with Gasteiger partial charge >= 0.3 is 0 Å². The number of furan rings is 2. The van der Waals surface area contributed by atoms with Crippen molar-refractivity contribution in [1.82, 2.24) is 15.5 Å². The minimum absolute atomic E-state index is 0.100. The predicted octanol–water partition coefficient (Wildman–Crippen LogP) is 2.79. The third kappa shape index (κ3) is 3.68. The SMILES string of the molecule is Cc1cc(-c2nnc(CCC(=O)NCc3ccco3)o2)c(C)o1. The van der Waals surface area contributed by atoms with Gasteiger partial charge < -0.3 is 18.6 Å². The lowest BCUT2D eigenvalue weighted by Crippen LogP contribution is -2.22. The summed E-state index contributed by atoms with van der Waals surface area (Å²) in [5.74, 6) is 2.96. The molecule has 0 radical (unpaired) electrons. The molecule has 0 aliphatic heterocycles. The zero-order chi connectivity index (χ0) is 16.2.